The van der Waals surface area contributed by atoms with Crippen LogP contribution in [0.5, 0.6) is 0 Å². The van der Waals surface area contributed by atoms with Gasteiger partial charge in [0, 0.05) is 37.9 Å². The van der Waals surface area contributed by atoms with E-state index in [2.05, 4.69) is 9.62 Å². The molecule has 1 heterocycles. The fourth-order valence-corrected chi connectivity index (χ4v) is 4.65. The molecule has 0 bridgehead atoms. The van der Waals surface area contributed by atoms with E-state index in [4.69, 9.17) is 0 Å². The van der Waals surface area contributed by atoms with E-state index < -0.39 is 10.2 Å². The molecule has 1 aromatic carbocycles. The van der Waals surface area contributed by atoms with Crippen molar-refractivity contribution in [3.8, 4) is 0 Å². The van der Waals surface area contributed by atoms with E-state index >= 15 is 0 Å². The van der Waals surface area contributed by atoms with E-state index in [0.29, 0.717) is 13.1 Å². The van der Waals surface area contributed by atoms with Gasteiger partial charge in [-0.1, -0.05) is 24.6 Å². The van der Waals surface area contributed by atoms with Crippen LogP contribution in [0.1, 0.15) is 33.1 Å². The second-order valence-electron chi connectivity index (χ2n) is 6.20. The molecule has 0 saturated carbocycles. The first-order valence-electron chi connectivity index (χ1n) is 7.95. The highest BCUT2D eigenvalue weighted by molar-refractivity contribution is 7.87. The van der Waals surface area contributed by atoms with E-state index in [1.165, 1.54) is 0 Å². The number of likely N-dealkylation sites (N-methyl/N-ethyl adjacent to an activating group) is 1. The van der Waals surface area contributed by atoms with Crippen molar-refractivity contribution in [2.45, 2.75) is 45.2 Å². The highest BCUT2D eigenvalue weighted by Crippen LogP contribution is 2.19. The lowest BCUT2D eigenvalue weighted by Gasteiger charge is -2.34. The molecule has 1 aliphatic heterocycles. The lowest BCUT2D eigenvalue weighted by molar-refractivity contribution is 0.264. The second kappa shape index (κ2) is 7.44. The van der Waals surface area contributed by atoms with E-state index in [1.54, 1.807) is 4.31 Å². The fourth-order valence-electron chi connectivity index (χ4n) is 2.99. The Balaban J connectivity index is 1.94. The van der Waals surface area contributed by atoms with Crippen molar-refractivity contribution in [1.29, 1.82) is 0 Å². The average molecular weight is 325 g/mol. The zero-order valence-electron chi connectivity index (χ0n) is 13.7. The number of nitrogens with one attached hydrogen (secondary N) is 1. The normalized spacial score (nSPS) is 21.5. The van der Waals surface area contributed by atoms with Crippen molar-refractivity contribution >= 4 is 15.9 Å². The largest absolute Gasteiger partial charge is 0.373 e. The van der Waals surface area contributed by atoms with Gasteiger partial charge in [0.25, 0.3) is 10.2 Å². The molecule has 1 fully saturated rings. The number of nitrogens with zero attached hydrogens (tertiary/aromatic N) is 2. The summed E-state index contributed by atoms with van der Waals surface area (Å²) < 4.78 is 29.5. The third kappa shape index (κ3) is 4.44. The van der Waals surface area contributed by atoms with E-state index in [9.17, 15) is 8.42 Å². The van der Waals surface area contributed by atoms with Gasteiger partial charge in [-0.3, -0.25) is 0 Å². The zero-order chi connectivity index (χ0) is 16.2. The Kier molecular flexibility index (Phi) is 5.83. The van der Waals surface area contributed by atoms with Gasteiger partial charge in [-0.2, -0.15) is 17.4 Å². The van der Waals surface area contributed by atoms with Gasteiger partial charge in [-0.25, -0.2) is 0 Å². The van der Waals surface area contributed by atoms with Crippen molar-refractivity contribution in [1.82, 2.24) is 9.03 Å². The molecule has 6 heteroatoms. The first-order valence-corrected chi connectivity index (χ1v) is 9.39. The second-order valence-corrected chi connectivity index (χ2v) is 7.85. The minimum atomic E-state index is -3.40. The number of rotatable bonds is 6. The maximum atomic E-state index is 12.5. The maximum absolute atomic E-state index is 12.5. The Morgan fingerprint density at radius 1 is 1.32 bits per heavy atom. The number of anilines is 1. The van der Waals surface area contributed by atoms with Crippen molar-refractivity contribution in [2.24, 2.45) is 0 Å². The van der Waals surface area contributed by atoms with E-state index in [-0.39, 0.29) is 12.1 Å². The van der Waals surface area contributed by atoms with Crippen LogP contribution in [0.2, 0.25) is 0 Å². The molecule has 2 atom stereocenters. The van der Waals surface area contributed by atoms with Gasteiger partial charge in [0.15, 0.2) is 0 Å². The molecule has 5 nitrogen and oxygen atoms in total. The van der Waals surface area contributed by atoms with Crippen LogP contribution in [0.4, 0.5) is 5.69 Å². The van der Waals surface area contributed by atoms with E-state index in [1.807, 2.05) is 51.2 Å². The summed E-state index contributed by atoms with van der Waals surface area (Å²) in [4.78, 5) is 2.06. The molecule has 1 aromatic rings. The summed E-state index contributed by atoms with van der Waals surface area (Å²) in [5.74, 6) is 0. The smallest absolute Gasteiger partial charge is 0.279 e. The van der Waals surface area contributed by atoms with Crippen LogP contribution in [-0.2, 0) is 10.2 Å². The third-order valence-corrected chi connectivity index (χ3v) is 6.01. The van der Waals surface area contributed by atoms with Crippen LogP contribution >= 0.6 is 0 Å². The number of benzene rings is 1. The van der Waals surface area contributed by atoms with Crippen molar-refractivity contribution in [3.05, 3.63) is 30.3 Å². The molecule has 0 radical (unpaired) electrons. The Morgan fingerprint density at radius 3 is 2.64 bits per heavy atom. The van der Waals surface area contributed by atoms with Gasteiger partial charge in [-0.15, -0.1) is 0 Å². The molecule has 1 N–H and O–H groups in total. The van der Waals surface area contributed by atoms with Gasteiger partial charge in [0.05, 0.1) is 0 Å². The predicted molar refractivity (Wildman–Crippen MR) is 91.2 cm³/mol. The Hall–Kier alpha value is -1.11. The minimum absolute atomic E-state index is 0.0882. The van der Waals surface area contributed by atoms with Crippen molar-refractivity contribution in [3.63, 3.8) is 0 Å². The molecule has 22 heavy (non-hydrogen) atoms. The SMILES string of the molecule is C[C@H](CN(C)c1ccccc1)NS(=O)(=O)N1CCCC[C@@H]1C. The van der Waals surface area contributed by atoms with Gasteiger partial charge in [0.2, 0.25) is 0 Å². The van der Waals surface area contributed by atoms with Gasteiger partial charge >= 0.3 is 0 Å². The Bertz CT molecular complexity index is 562. The van der Waals surface area contributed by atoms with E-state index in [0.717, 1.165) is 24.9 Å². The summed E-state index contributed by atoms with van der Waals surface area (Å²) in [6, 6.07) is 9.92. The molecule has 2 rings (SSSR count). The molecule has 0 aromatic heterocycles. The minimum Gasteiger partial charge on any atom is -0.373 e. The highest BCUT2D eigenvalue weighted by atomic mass is 32.2. The van der Waals surface area contributed by atoms with Crippen LogP contribution < -0.4 is 9.62 Å². The lowest BCUT2D eigenvalue weighted by Crippen LogP contribution is -2.51. The summed E-state index contributed by atoms with van der Waals surface area (Å²) >= 11 is 0. The summed E-state index contributed by atoms with van der Waals surface area (Å²) in [7, 11) is -1.43. The van der Waals surface area contributed by atoms with Crippen molar-refractivity contribution in [2.75, 3.05) is 25.0 Å². The van der Waals surface area contributed by atoms with Crippen molar-refractivity contribution < 1.29 is 8.42 Å². The molecule has 0 spiro atoms. The average Bonchev–Trinajstić information content (AvgIpc) is 2.47. The van der Waals surface area contributed by atoms with Crippen LogP contribution in [0.25, 0.3) is 0 Å². The van der Waals surface area contributed by atoms with Crippen LogP contribution in [0.3, 0.4) is 0 Å². The summed E-state index contributed by atoms with van der Waals surface area (Å²) in [6.07, 6.45) is 3.00. The topological polar surface area (TPSA) is 52.7 Å². The van der Waals surface area contributed by atoms with Crippen LogP contribution in [0, 0.1) is 0 Å². The number of para-hydroxylation sites is 1. The van der Waals surface area contributed by atoms with Crippen LogP contribution in [0.15, 0.2) is 30.3 Å². The number of hydrogen-bond acceptors (Lipinski definition) is 3. The first-order chi connectivity index (χ1) is 10.4. The fraction of sp³-hybridized carbons (Fsp3) is 0.625. The lowest BCUT2D eigenvalue weighted by atomic mass is 10.1. The van der Waals surface area contributed by atoms with Gasteiger partial charge < -0.3 is 4.90 Å². The summed E-state index contributed by atoms with van der Waals surface area (Å²) in [5, 5.41) is 0. The molecular weight excluding hydrogens is 298 g/mol. The number of hydrogen-bond donors (Lipinski definition) is 1. The summed E-state index contributed by atoms with van der Waals surface area (Å²) in [6.45, 7) is 5.15. The molecule has 0 unspecified atom stereocenters. The van der Waals surface area contributed by atoms with Gasteiger partial charge in [-0.05, 0) is 38.8 Å². The molecule has 1 aliphatic rings. The maximum Gasteiger partial charge on any atom is 0.279 e. The van der Waals surface area contributed by atoms with Crippen LogP contribution in [-0.4, -0.2) is 44.9 Å². The Morgan fingerprint density at radius 2 is 2.00 bits per heavy atom. The first kappa shape index (κ1) is 17.2. The highest BCUT2D eigenvalue weighted by Gasteiger charge is 2.30. The predicted octanol–water partition coefficient (Wildman–Crippen LogP) is 2.22. The molecule has 0 amide bonds. The monoisotopic (exact) mass is 325 g/mol. The molecule has 1 saturated heterocycles. The molecule has 0 aliphatic carbocycles. The number of piperidine rings is 1. The quantitative estimate of drug-likeness (QED) is 0.872. The van der Waals surface area contributed by atoms with Gasteiger partial charge in [0.1, 0.15) is 0 Å². The third-order valence-electron chi connectivity index (χ3n) is 4.15. The molecular formula is C16H27N3O2S. The Labute approximate surface area is 134 Å². The summed E-state index contributed by atoms with van der Waals surface area (Å²) in [5.41, 5.74) is 1.08. The standard InChI is InChI=1S/C16H27N3O2S/c1-14(13-18(3)16-10-5-4-6-11-16)17-22(20,21)19-12-8-7-9-15(19)2/h4-6,10-11,14-15,17H,7-9,12-13H2,1-3H3/t14-,15+/m1/s1. The molecule has 124 valence electrons. The zero-order valence-corrected chi connectivity index (χ0v) is 14.5.